The Labute approximate surface area is 136 Å². The number of benzene rings is 1. The van der Waals surface area contributed by atoms with Gasteiger partial charge in [0, 0.05) is 25.3 Å². The number of rotatable bonds is 5. The number of sulfonamides is 1. The maximum Gasteiger partial charge on any atom is 0.243 e. The van der Waals surface area contributed by atoms with Crippen LogP contribution in [0.5, 0.6) is 0 Å². The summed E-state index contributed by atoms with van der Waals surface area (Å²) in [5.41, 5.74) is 0.759. The van der Waals surface area contributed by atoms with Crippen molar-refractivity contribution in [3.05, 3.63) is 24.3 Å². The number of anilines is 1. The Balaban J connectivity index is 2.03. The molecule has 1 aromatic carbocycles. The maximum atomic E-state index is 12.5. The lowest BCUT2D eigenvalue weighted by atomic mass is 10.3. The first-order valence-electron chi connectivity index (χ1n) is 7.27. The van der Waals surface area contributed by atoms with E-state index in [1.54, 1.807) is 24.3 Å². The van der Waals surface area contributed by atoms with Crippen molar-refractivity contribution in [2.24, 2.45) is 0 Å². The largest absolute Gasteiger partial charge is 0.379 e. The molecule has 0 aromatic heterocycles. The predicted octanol–water partition coefficient (Wildman–Crippen LogP) is 1.40. The molecule has 1 fully saturated rings. The molecule has 122 valence electrons. The van der Waals surface area contributed by atoms with Crippen LogP contribution in [0.4, 0.5) is 5.69 Å². The highest BCUT2D eigenvalue weighted by atomic mass is 32.2. The van der Waals surface area contributed by atoms with E-state index in [1.807, 2.05) is 0 Å². The van der Waals surface area contributed by atoms with Gasteiger partial charge in [0.05, 0.1) is 18.1 Å². The summed E-state index contributed by atoms with van der Waals surface area (Å²) in [6.45, 7) is 4.53. The van der Waals surface area contributed by atoms with Crippen LogP contribution in [0.2, 0.25) is 0 Å². The van der Waals surface area contributed by atoms with Crippen LogP contribution in [-0.2, 0) is 14.8 Å². The number of nitrogens with zero attached hydrogens (tertiary/aromatic N) is 1. The molecular weight excluding hydrogens is 322 g/mol. The quantitative estimate of drug-likeness (QED) is 0.788. The minimum Gasteiger partial charge on any atom is -0.379 e. The number of hydrogen-bond donors (Lipinski definition) is 2. The first-order valence-corrected chi connectivity index (χ1v) is 9.11. The fourth-order valence-electron chi connectivity index (χ4n) is 2.06. The summed E-state index contributed by atoms with van der Waals surface area (Å²) < 4.78 is 31.6. The van der Waals surface area contributed by atoms with Gasteiger partial charge in [-0.3, -0.25) is 0 Å². The molecule has 0 spiro atoms. The number of hydrogen-bond acceptors (Lipinski definition) is 4. The first kappa shape index (κ1) is 17.1. The van der Waals surface area contributed by atoms with Crippen LogP contribution >= 0.6 is 12.2 Å². The summed E-state index contributed by atoms with van der Waals surface area (Å²) in [7, 11) is -3.44. The highest BCUT2D eigenvalue weighted by molar-refractivity contribution is 7.89. The van der Waals surface area contributed by atoms with Crippen molar-refractivity contribution in [2.75, 3.05) is 38.2 Å². The summed E-state index contributed by atoms with van der Waals surface area (Å²) in [6, 6.07) is 6.62. The Kier molecular flexibility index (Phi) is 6.13. The van der Waals surface area contributed by atoms with Gasteiger partial charge in [-0.25, -0.2) is 8.42 Å². The molecule has 8 heteroatoms. The van der Waals surface area contributed by atoms with E-state index in [1.165, 1.54) is 4.31 Å². The fraction of sp³-hybridized carbons (Fsp3) is 0.500. The van der Waals surface area contributed by atoms with E-state index < -0.39 is 10.0 Å². The normalized spacial score (nSPS) is 16.2. The van der Waals surface area contributed by atoms with E-state index in [9.17, 15) is 8.42 Å². The number of thiocarbonyl (C=S) groups is 1. The minimum atomic E-state index is -3.44. The molecular formula is C14H21N3O3S2. The summed E-state index contributed by atoms with van der Waals surface area (Å²) in [5, 5.41) is 6.62. The third-order valence-corrected chi connectivity index (χ3v) is 5.41. The summed E-state index contributed by atoms with van der Waals surface area (Å²) in [4.78, 5) is 0.285. The second kappa shape index (κ2) is 7.87. The van der Waals surface area contributed by atoms with E-state index >= 15 is 0 Å². The number of ether oxygens (including phenoxy) is 1. The molecule has 2 rings (SSSR count). The summed E-state index contributed by atoms with van der Waals surface area (Å²) in [6.07, 6.45) is 0.985. The van der Waals surface area contributed by atoms with E-state index in [2.05, 4.69) is 17.6 Å². The molecule has 0 atom stereocenters. The van der Waals surface area contributed by atoms with Crippen molar-refractivity contribution >= 4 is 33.0 Å². The molecule has 0 unspecified atom stereocenters. The molecule has 1 heterocycles. The monoisotopic (exact) mass is 343 g/mol. The van der Waals surface area contributed by atoms with E-state index in [4.69, 9.17) is 17.0 Å². The lowest BCUT2D eigenvalue weighted by Crippen LogP contribution is -2.40. The van der Waals surface area contributed by atoms with Crippen LogP contribution < -0.4 is 10.6 Å². The molecule has 0 saturated carbocycles. The SMILES string of the molecule is CCCNC(=S)Nc1ccc(S(=O)(=O)N2CCOCC2)cc1. The molecule has 22 heavy (non-hydrogen) atoms. The van der Waals surface area contributed by atoms with Crippen molar-refractivity contribution in [2.45, 2.75) is 18.2 Å². The molecule has 0 aliphatic carbocycles. The lowest BCUT2D eigenvalue weighted by molar-refractivity contribution is 0.0730. The Morgan fingerprint density at radius 3 is 2.50 bits per heavy atom. The third-order valence-electron chi connectivity index (χ3n) is 3.26. The smallest absolute Gasteiger partial charge is 0.243 e. The standard InChI is InChI=1S/C14H21N3O3S2/c1-2-7-15-14(21)16-12-3-5-13(6-4-12)22(18,19)17-8-10-20-11-9-17/h3-6H,2,7-11H2,1H3,(H2,15,16,21). The predicted molar refractivity (Wildman–Crippen MR) is 90.5 cm³/mol. The van der Waals surface area contributed by atoms with Gasteiger partial charge in [0.2, 0.25) is 10.0 Å². The lowest BCUT2D eigenvalue weighted by Gasteiger charge is -2.26. The molecule has 1 saturated heterocycles. The Hall–Kier alpha value is -1.22. The van der Waals surface area contributed by atoms with Gasteiger partial charge in [-0.2, -0.15) is 4.31 Å². The minimum absolute atomic E-state index is 0.285. The summed E-state index contributed by atoms with van der Waals surface area (Å²) >= 11 is 5.15. The molecule has 0 radical (unpaired) electrons. The van der Waals surface area contributed by atoms with E-state index in [0.717, 1.165) is 18.7 Å². The van der Waals surface area contributed by atoms with Crippen molar-refractivity contribution in [3.8, 4) is 0 Å². The summed E-state index contributed by atoms with van der Waals surface area (Å²) in [5.74, 6) is 0. The highest BCUT2D eigenvalue weighted by Crippen LogP contribution is 2.19. The molecule has 1 aromatic rings. The molecule has 0 amide bonds. The fourth-order valence-corrected chi connectivity index (χ4v) is 3.69. The molecule has 1 aliphatic rings. The third kappa shape index (κ3) is 4.39. The van der Waals surface area contributed by atoms with Crippen molar-refractivity contribution in [3.63, 3.8) is 0 Å². The average molecular weight is 343 g/mol. The maximum absolute atomic E-state index is 12.5. The van der Waals surface area contributed by atoms with Gasteiger partial charge >= 0.3 is 0 Å². The topological polar surface area (TPSA) is 70.7 Å². The van der Waals surface area contributed by atoms with Gasteiger partial charge in [-0.15, -0.1) is 0 Å². The van der Waals surface area contributed by atoms with Crippen molar-refractivity contribution in [1.29, 1.82) is 0 Å². The van der Waals surface area contributed by atoms with Gasteiger partial charge in [0.15, 0.2) is 5.11 Å². The zero-order valence-corrected chi connectivity index (χ0v) is 14.2. The van der Waals surface area contributed by atoms with Crippen molar-refractivity contribution in [1.82, 2.24) is 9.62 Å². The Morgan fingerprint density at radius 2 is 1.91 bits per heavy atom. The first-order chi connectivity index (χ1) is 10.5. The van der Waals surface area contributed by atoms with Gasteiger partial charge in [0.1, 0.15) is 0 Å². The molecule has 6 nitrogen and oxygen atoms in total. The van der Waals surface area contributed by atoms with Gasteiger partial charge < -0.3 is 15.4 Å². The van der Waals surface area contributed by atoms with Crippen LogP contribution in [0.3, 0.4) is 0 Å². The Bertz CT molecular complexity index is 596. The molecule has 2 N–H and O–H groups in total. The van der Waals surface area contributed by atoms with E-state index in [0.29, 0.717) is 31.4 Å². The van der Waals surface area contributed by atoms with Crippen LogP contribution in [-0.4, -0.2) is 50.7 Å². The highest BCUT2D eigenvalue weighted by Gasteiger charge is 2.26. The van der Waals surface area contributed by atoms with Gasteiger partial charge in [0.25, 0.3) is 0 Å². The van der Waals surface area contributed by atoms with Gasteiger partial charge in [-0.1, -0.05) is 6.92 Å². The molecule has 1 aliphatic heterocycles. The number of nitrogens with one attached hydrogen (secondary N) is 2. The van der Waals surface area contributed by atoms with Crippen molar-refractivity contribution < 1.29 is 13.2 Å². The zero-order chi connectivity index (χ0) is 16.0. The average Bonchev–Trinajstić information content (AvgIpc) is 2.54. The Morgan fingerprint density at radius 1 is 1.27 bits per heavy atom. The number of morpholine rings is 1. The van der Waals surface area contributed by atoms with E-state index in [-0.39, 0.29) is 4.90 Å². The van der Waals surface area contributed by atoms with Crippen LogP contribution in [0, 0.1) is 0 Å². The zero-order valence-electron chi connectivity index (χ0n) is 12.5. The van der Waals surface area contributed by atoms with Gasteiger partial charge in [-0.05, 0) is 42.9 Å². The second-order valence-corrected chi connectivity index (χ2v) is 7.27. The second-order valence-electron chi connectivity index (χ2n) is 4.92. The van der Waals surface area contributed by atoms with Crippen LogP contribution in [0.15, 0.2) is 29.2 Å². The molecule has 0 bridgehead atoms. The van der Waals surface area contributed by atoms with Crippen LogP contribution in [0.25, 0.3) is 0 Å². The van der Waals surface area contributed by atoms with Crippen LogP contribution in [0.1, 0.15) is 13.3 Å².